The van der Waals surface area contributed by atoms with Crippen LogP contribution in [0.3, 0.4) is 0 Å². The summed E-state index contributed by atoms with van der Waals surface area (Å²) in [6.07, 6.45) is -1.02. The zero-order valence-electron chi connectivity index (χ0n) is 14.4. The summed E-state index contributed by atoms with van der Waals surface area (Å²) in [7, 11) is 0. The van der Waals surface area contributed by atoms with Crippen LogP contribution in [0, 0.1) is 0 Å². The molecule has 8 heteroatoms. The van der Waals surface area contributed by atoms with Crippen LogP contribution in [0.5, 0.6) is 0 Å². The van der Waals surface area contributed by atoms with Gasteiger partial charge in [0.2, 0.25) is 0 Å². The molecule has 1 aromatic carbocycles. The van der Waals surface area contributed by atoms with E-state index in [1.54, 1.807) is 17.4 Å². The van der Waals surface area contributed by atoms with Crippen LogP contribution < -0.4 is 0 Å². The summed E-state index contributed by atoms with van der Waals surface area (Å²) in [6, 6.07) is 9.60. The molecule has 1 aliphatic rings. The molecular formula is C18H22N2O5S. The van der Waals surface area contributed by atoms with Gasteiger partial charge in [-0.25, -0.2) is 9.78 Å². The predicted molar refractivity (Wildman–Crippen MR) is 95.4 cm³/mol. The number of aliphatic hydroxyl groups excluding tert-OH is 2. The van der Waals surface area contributed by atoms with Crippen LogP contribution >= 0.6 is 11.3 Å². The van der Waals surface area contributed by atoms with Gasteiger partial charge in [0.15, 0.2) is 5.69 Å². The van der Waals surface area contributed by atoms with Gasteiger partial charge in [-0.1, -0.05) is 30.3 Å². The molecule has 1 fully saturated rings. The van der Waals surface area contributed by atoms with Crippen molar-refractivity contribution in [3.05, 3.63) is 52.0 Å². The van der Waals surface area contributed by atoms with Crippen molar-refractivity contribution in [1.29, 1.82) is 0 Å². The number of aromatic nitrogens is 1. The molecule has 1 aliphatic heterocycles. The molecule has 0 spiro atoms. The largest absolute Gasteiger partial charge is 0.461 e. The molecule has 0 aliphatic carbocycles. The first-order valence-electron chi connectivity index (χ1n) is 8.51. The van der Waals surface area contributed by atoms with Gasteiger partial charge in [-0.15, -0.1) is 11.3 Å². The van der Waals surface area contributed by atoms with Crippen LogP contribution in [0.4, 0.5) is 0 Å². The molecule has 1 aromatic heterocycles. The first kappa shape index (κ1) is 18.9. The number of rotatable bonds is 7. The van der Waals surface area contributed by atoms with Gasteiger partial charge in [0.05, 0.1) is 19.3 Å². The SMILES string of the molecule is CCOC(=O)c1csc([C@@H]2C[C@H]([C@H](O)CO)ON2Cc2ccccc2)n1. The van der Waals surface area contributed by atoms with Gasteiger partial charge in [-0.3, -0.25) is 4.84 Å². The Morgan fingerprint density at radius 3 is 2.92 bits per heavy atom. The molecule has 0 radical (unpaired) electrons. The number of benzene rings is 1. The average molecular weight is 378 g/mol. The summed E-state index contributed by atoms with van der Waals surface area (Å²) in [5, 5.41) is 23.4. The Morgan fingerprint density at radius 2 is 2.23 bits per heavy atom. The number of carbonyl (C=O) groups is 1. The second kappa shape index (κ2) is 8.70. The van der Waals surface area contributed by atoms with E-state index in [-0.39, 0.29) is 18.3 Å². The number of carbonyl (C=O) groups excluding carboxylic acids is 1. The van der Waals surface area contributed by atoms with Gasteiger partial charge >= 0.3 is 5.97 Å². The van der Waals surface area contributed by atoms with Gasteiger partial charge in [-0.2, -0.15) is 5.06 Å². The van der Waals surface area contributed by atoms with E-state index < -0.39 is 18.2 Å². The van der Waals surface area contributed by atoms with Crippen molar-refractivity contribution in [3.8, 4) is 0 Å². The number of hydrogen-bond donors (Lipinski definition) is 2. The Hall–Kier alpha value is -1.84. The maximum absolute atomic E-state index is 11.9. The number of aliphatic hydroxyl groups is 2. The van der Waals surface area contributed by atoms with Crippen LogP contribution in [0.2, 0.25) is 0 Å². The third kappa shape index (κ3) is 4.28. The van der Waals surface area contributed by atoms with Crippen LogP contribution in [-0.4, -0.2) is 51.7 Å². The maximum atomic E-state index is 11.9. The predicted octanol–water partition coefficient (Wildman–Crippen LogP) is 1.92. The lowest BCUT2D eigenvalue weighted by molar-refractivity contribution is -0.195. The first-order valence-corrected chi connectivity index (χ1v) is 9.39. The summed E-state index contributed by atoms with van der Waals surface area (Å²) >= 11 is 1.36. The Balaban J connectivity index is 1.80. The summed E-state index contributed by atoms with van der Waals surface area (Å²) in [5.74, 6) is -0.449. The van der Waals surface area contributed by atoms with E-state index in [2.05, 4.69) is 4.98 Å². The second-order valence-corrected chi connectivity index (χ2v) is 6.89. The van der Waals surface area contributed by atoms with E-state index in [1.165, 1.54) is 11.3 Å². The standard InChI is InChI=1S/C18H22N2O5S/c1-2-24-18(23)13-11-26-17(19-13)14-8-16(15(22)10-21)25-20(14)9-12-6-4-3-5-7-12/h3-7,11,14-16,21-22H,2,8-10H2,1H3/t14-,15+,16+/m0/s1. The molecule has 0 bridgehead atoms. The highest BCUT2D eigenvalue weighted by molar-refractivity contribution is 7.09. The maximum Gasteiger partial charge on any atom is 0.357 e. The van der Waals surface area contributed by atoms with Crippen LogP contribution in [0.25, 0.3) is 0 Å². The average Bonchev–Trinajstić information content (AvgIpc) is 3.29. The smallest absolute Gasteiger partial charge is 0.357 e. The van der Waals surface area contributed by atoms with E-state index in [9.17, 15) is 15.0 Å². The zero-order chi connectivity index (χ0) is 18.5. The number of hydroxylamine groups is 2. The Morgan fingerprint density at radius 1 is 1.46 bits per heavy atom. The Labute approximate surface area is 155 Å². The Bertz CT molecular complexity index is 723. The summed E-state index contributed by atoms with van der Waals surface area (Å²) in [5.41, 5.74) is 1.33. The molecule has 26 heavy (non-hydrogen) atoms. The monoisotopic (exact) mass is 378 g/mol. The topological polar surface area (TPSA) is 92.1 Å². The molecule has 0 amide bonds. The van der Waals surface area contributed by atoms with E-state index in [4.69, 9.17) is 9.57 Å². The highest BCUT2D eigenvalue weighted by Crippen LogP contribution is 2.38. The van der Waals surface area contributed by atoms with Crippen molar-refractivity contribution >= 4 is 17.3 Å². The van der Waals surface area contributed by atoms with Crippen molar-refractivity contribution in [2.24, 2.45) is 0 Å². The molecular weight excluding hydrogens is 356 g/mol. The number of ether oxygens (including phenoxy) is 1. The normalized spacial score (nSPS) is 21.7. The van der Waals surface area contributed by atoms with E-state index >= 15 is 0 Å². The number of nitrogens with zero attached hydrogens (tertiary/aromatic N) is 2. The van der Waals surface area contributed by atoms with E-state index in [1.807, 2.05) is 30.3 Å². The molecule has 2 N–H and O–H groups in total. The third-order valence-electron chi connectivity index (χ3n) is 4.16. The minimum Gasteiger partial charge on any atom is -0.461 e. The van der Waals surface area contributed by atoms with E-state index in [0.717, 1.165) is 10.6 Å². The van der Waals surface area contributed by atoms with Gasteiger partial charge in [0.25, 0.3) is 0 Å². The Kier molecular flexibility index (Phi) is 6.33. The lowest BCUT2D eigenvalue weighted by atomic mass is 10.1. The third-order valence-corrected chi connectivity index (χ3v) is 5.11. The quantitative estimate of drug-likeness (QED) is 0.711. The number of esters is 1. The summed E-state index contributed by atoms with van der Waals surface area (Å²) in [6.45, 7) is 2.18. The second-order valence-electron chi connectivity index (χ2n) is 6.00. The molecule has 3 atom stereocenters. The molecule has 0 saturated carbocycles. The van der Waals surface area contributed by atoms with Gasteiger partial charge in [0.1, 0.15) is 17.2 Å². The van der Waals surface area contributed by atoms with Gasteiger partial charge in [-0.05, 0) is 12.5 Å². The minimum absolute atomic E-state index is 0.213. The molecule has 1 saturated heterocycles. The van der Waals surface area contributed by atoms with Gasteiger partial charge in [0, 0.05) is 18.3 Å². The minimum atomic E-state index is -0.970. The van der Waals surface area contributed by atoms with E-state index in [0.29, 0.717) is 19.6 Å². The first-order chi connectivity index (χ1) is 12.6. The zero-order valence-corrected chi connectivity index (χ0v) is 15.3. The van der Waals surface area contributed by atoms with Crippen LogP contribution in [0.1, 0.15) is 40.4 Å². The van der Waals surface area contributed by atoms with Crippen LogP contribution in [-0.2, 0) is 16.1 Å². The molecule has 140 valence electrons. The highest BCUT2D eigenvalue weighted by Gasteiger charge is 2.39. The molecule has 7 nitrogen and oxygen atoms in total. The molecule has 3 rings (SSSR count). The fourth-order valence-corrected chi connectivity index (χ4v) is 3.75. The summed E-state index contributed by atoms with van der Waals surface area (Å²) < 4.78 is 4.99. The van der Waals surface area contributed by atoms with Crippen molar-refractivity contribution in [2.45, 2.75) is 38.1 Å². The lowest BCUT2D eigenvalue weighted by Crippen LogP contribution is -2.30. The molecule has 2 heterocycles. The number of hydrogen-bond acceptors (Lipinski definition) is 8. The molecule has 2 aromatic rings. The van der Waals surface area contributed by atoms with Crippen LogP contribution in [0.15, 0.2) is 35.7 Å². The van der Waals surface area contributed by atoms with Crippen molar-refractivity contribution in [1.82, 2.24) is 10.0 Å². The lowest BCUT2D eigenvalue weighted by Gasteiger charge is -2.22. The molecule has 0 unspecified atom stereocenters. The number of thiazole rings is 1. The van der Waals surface area contributed by atoms with Crippen molar-refractivity contribution < 1.29 is 24.6 Å². The fraction of sp³-hybridized carbons (Fsp3) is 0.444. The van der Waals surface area contributed by atoms with Crippen molar-refractivity contribution in [2.75, 3.05) is 13.2 Å². The fourth-order valence-electron chi connectivity index (χ4n) is 2.85. The highest BCUT2D eigenvalue weighted by atomic mass is 32.1. The van der Waals surface area contributed by atoms with Gasteiger partial charge < -0.3 is 14.9 Å². The van der Waals surface area contributed by atoms with Crippen molar-refractivity contribution in [3.63, 3.8) is 0 Å². The summed E-state index contributed by atoms with van der Waals surface area (Å²) in [4.78, 5) is 22.1.